The summed E-state index contributed by atoms with van der Waals surface area (Å²) in [5.74, 6) is 0.166. The molecule has 1 heterocycles. The molecule has 22 heavy (non-hydrogen) atoms. The van der Waals surface area contributed by atoms with Crippen molar-refractivity contribution in [1.82, 2.24) is 15.1 Å². The van der Waals surface area contributed by atoms with Crippen molar-refractivity contribution in [3.05, 3.63) is 35.9 Å². The Balaban J connectivity index is 1.70. The first-order valence-electron chi connectivity index (χ1n) is 8.48. The van der Waals surface area contributed by atoms with Crippen molar-refractivity contribution in [3.63, 3.8) is 0 Å². The van der Waals surface area contributed by atoms with E-state index in [1.54, 1.807) is 0 Å². The van der Waals surface area contributed by atoms with Gasteiger partial charge in [0.05, 0.1) is 6.04 Å². The van der Waals surface area contributed by atoms with Crippen LogP contribution in [0.25, 0.3) is 0 Å². The van der Waals surface area contributed by atoms with Crippen molar-refractivity contribution in [3.8, 4) is 0 Å². The third-order valence-electron chi connectivity index (χ3n) is 4.44. The fourth-order valence-corrected chi connectivity index (χ4v) is 2.87. The summed E-state index contributed by atoms with van der Waals surface area (Å²) in [6.07, 6.45) is 2.10. The van der Waals surface area contributed by atoms with Crippen LogP contribution in [0.4, 0.5) is 0 Å². The molecule has 0 radical (unpaired) electrons. The first-order chi connectivity index (χ1) is 10.7. The highest BCUT2D eigenvalue weighted by Gasteiger charge is 2.24. The number of hydrogen-bond donors (Lipinski definition) is 1. The van der Waals surface area contributed by atoms with Gasteiger partial charge in [0.15, 0.2) is 0 Å². The molecule has 1 atom stereocenters. The molecule has 1 unspecified atom stereocenters. The maximum Gasteiger partial charge on any atom is 0.237 e. The maximum absolute atomic E-state index is 12.0. The zero-order valence-electron chi connectivity index (χ0n) is 13.9. The molecule has 4 nitrogen and oxygen atoms in total. The van der Waals surface area contributed by atoms with Crippen LogP contribution in [0, 0.1) is 0 Å². The van der Waals surface area contributed by atoms with E-state index < -0.39 is 0 Å². The fourth-order valence-electron chi connectivity index (χ4n) is 2.87. The van der Waals surface area contributed by atoms with E-state index in [9.17, 15) is 4.79 Å². The molecule has 122 valence electrons. The van der Waals surface area contributed by atoms with E-state index in [1.165, 1.54) is 5.56 Å². The molecule has 2 rings (SSSR count). The topological polar surface area (TPSA) is 35.6 Å². The normalized spacial score (nSPS) is 18.1. The summed E-state index contributed by atoms with van der Waals surface area (Å²) in [6.45, 7) is 10.1. The van der Waals surface area contributed by atoms with Crippen LogP contribution in [-0.2, 0) is 11.2 Å². The van der Waals surface area contributed by atoms with Crippen LogP contribution in [0.2, 0.25) is 0 Å². The molecule has 4 heteroatoms. The van der Waals surface area contributed by atoms with E-state index in [0.29, 0.717) is 0 Å². The van der Waals surface area contributed by atoms with Gasteiger partial charge >= 0.3 is 0 Å². The summed E-state index contributed by atoms with van der Waals surface area (Å²) >= 11 is 0. The van der Waals surface area contributed by atoms with E-state index in [0.717, 1.165) is 52.1 Å². The highest BCUT2D eigenvalue weighted by molar-refractivity contribution is 5.81. The van der Waals surface area contributed by atoms with Crippen molar-refractivity contribution < 1.29 is 4.79 Å². The largest absolute Gasteiger partial charge is 0.355 e. The smallest absolute Gasteiger partial charge is 0.237 e. The van der Waals surface area contributed by atoms with Gasteiger partial charge in [-0.15, -0.1) is 0 Å². The fraction of sp³-hybridized carbons (Fsp3) is 0.611. The summed E-state index contributed by atoms with van der Waals surface area (Å²) < 4.78 is 0. The van der Waals surface area contributed by atoms with E-state index in [-0.39, 0.29) is 11.9 Å². The summed E-state index contributed by atoms with van der Waals surface area (Å²) in [4.78, 5) is 16.8. The molecule has 0 aliphatic carbocycles. The van der Waals surface area contributed by atoms with Crippen LogP contribution in [0.3, 0.4) is 0 Å². The third kappa shape index (κ3) is 5.11. The zero-order valence-corrected chi connectivity index (χ0v) is 13.9. The van der Waals surface area contributed by atoms with Gasteiger partial charge in [-0.1, -0.05) is 37.3 Å². The Kier molecular flexibility index (Phi) is 6.87. The van der Waals surface area contributed by atoms with Crippen LogP contribution in [0.5, 0.6) is 0 Å². The minimum absolute atomic E-state index is 0.0113. The predicted molar refractivity (Wildman–Crippen MR) is 90.9 cm³/mol. The van der Waals surface area contributed by atoms with Crippen LogP contribution in [-0.4, -0.2) is 61.0 Å². The summed E-state index contributed by atoms with van der Waals surface area (Å²) in [6, 6.07) is 10.6. The van der Waals surface area contributed by atoms with Crippen molar-refractivity contribution in [1.29, 1.82) is 0 Å². The molecule has 0 aromatic heterocycles. The van der Waals surface area contributed by atoms with E-state index in [4.69, 9.17) is 0 Å². The van der Waals surface area contributed by atoms with Gasteiger partial charge in [-0.25, -0.2) is 0 Å². The Morgan fingerprint density at radius 3 is 2.50 bits per heavy atom. The van der Waals surface area contributed by atoms with Gasteiger partial charge in [0.25, 0.3) is 0 Å². The summed E-state index contributed by atoms with van der Waals surface area (Å²) in [7, 11) is 0. The lowest BCUT2D eigenvalue weighted by atomic mass is 10.1. The standard InChI is InChI=1S/C18H29N3O/c1-3-10-19-18(22)16(2)21-14-12-20(13-15-21)11-9-17-7-5-4-6-8-17/h4-8,16H,3,9-15H2,1-2H3,(H,19,22). The Hall–Kier alpha value is -1.39. The second-order valence-electron chi connectivity index (χ2n) is 6.08. The van der Waals surface area contributed by atoms with Crippen molar-refractivity contribution >= 4 is 5.91 Å². The number of piperazine rings is 1. The summed E-state index contributed by atoms with van der Waals surface area (Å²) in [5, 5.41) is 2.99. The molecule has 0 spiro atoms. The van der Waals surface area contributed by atoms with E-state index in [2.05, 4.69) is 52.4 Å². The number of hydrogen-bond acceptors (Lipinski definition) is 3. The minimum atomic E-state index is -0.0113. The minimum Gasteiger partial charge on any atom is -0.355 e. The first-order valence-corrected chi connectivity index (χ1v) is 8.48. The summed E-state index contributed by atoms with van der Waals surface area (Å²) in [5.41, 5.74) is 1.40. The molecule has 1 aromatic rings. The van der Waals surface area contributed by atoms with E-state index >= 15 is 0 Å². The second kappa shape index (κ2) is 8.91. The molecule has 1 aliphatic rings. The van der Waals surface area contributed by atoms with Crippen molar-refractivity contribution in [2.75, 3.05) is 39.3 Å². The Bertz CT molecular complexity index is 441. The lowest BCUT2D eigenvalue weighted by Crippen LogP contribution is -2.54. The molecule has 0 saturated carbocycles. The highest BCUT2D eigenvalue weighted by atomic mass is 16.2. The molecule has 1 aromatic carbocycles. The Labute approximate surface area is 134 Å². The van der Waals surface area contributed by atoms with Gasteiger partial charge in [-0.3, -0.25) is 9.69 Å². The van der Waals surface area contributed by atoms with E-state index in [1.807, 2.05) is 6.92 Å². The zero-order chi connectivity index (χ0) is 15.8. The molecule has 0 bridgehead atoms. The molecule has 1 saturated heterocycles. The predicted octanol–water partition coefficient (Wildman–Crippen LogP) is 1.76. The molecule has 1 aliphatic heterocycles. The number of rotatable bonds is 7. The quantitative estimate of drug-likeness (QED) is 0.834. The highest BCUT2D eigenvalue weighted by Crippen LogP contribution is 2.08. The van der Waals surface area contributed by atoms with Gasteiger partial charge in [0, 0.05) is 39.3 Å². The molecule has 1 fully saturated rings. The Morgan fingerprint density at radius 1 is 1.18 bits per heavy atom. The molecule has 1 amide bonds. The molecule has 1 N–H and O–H groups in total. The maximum atomic E-state index is 12.0. The molecular formula is C18H29N3O. The number of benzene rings is 1. The van der Waals surface area contributed by atoms with Gasteiger partial charge in [-0.2, -0.15) is 0 Å². The van der Waals surface area contributed by atoms with Crippen LogP contribution >= 0.6 is 0 Å². The van der Waals surface area contributed by atoms with Crippen LogP contribution in [0.1, 0.15) is 25.8 Å². The third-order valence-corrected chi connectivity index (χ3v) is 4.44. The number of nitrogens with one attached hydrogen (secondary N) is 1. The average Bonchev–Trinajstić information content (AvgIpc) is 2.58. The first kappa shape index (κ1) is 17.0. The lowest BCUT2D eigenvalue weighted by molar-refractivity contribution is -0.126. The van der Waals surface area contributed by atoms with Crippen molar-refractivity contribution in [2.45, 2.75) is 32.7 Å². The number of amides is 1. The average molecular weight is 303 g/mol. The van der Waals surface area contributed by atoms with Gasteiger partial charge in [-0.05, 0) is 25.3 Å². The van der Waals surface area contributed by atoms with Crippen LogP contribution in [0.15, 0.2) is 30.3 Å². The Morgan fingerprint density at radius 2 is 1.86 bits per heavy atom. The lowest BCUT2D eigenvalue weighted by Gasteiger charge is -2.37. The number of carbonyl (C=O) groups is 1. The molecular weight excluding hydrogens is 274 g/mol. The monoisotopic (exact) mass is 303 g/mol. The SMILES string of the molecule is CCCNC(=O)C(C)N1CCN(CCc2ccccc2)CC1. The van der Waals surface area contributed by atoms with Crippen molar-refractivity contribution in [2.24, 2.45) is 0 Å². The van der Waals surface area contributed by atoms with Crippen LogP contribution < -0.4 is 5.32 Å². The number of carbonyl (C=O) groups excluding carboxylic acids is 1. The number of nitrogens with zero attached hydrogens (tertiary/aromatic N) is 2. The van der Waals surface area contributed by atoms with Gasteiger partial charge < -0.3 is 10.2 Å². The van der Waals surface area contributed by atoms with Gasteiger partial charge in [0.1, 0.15) is 0 Å². The van der Waals surface area contributed by atoms with Gasteiger partial charge in [0.2, 0.25) is 5.91 Å². The second-order valence-corrected chi connectivity index (χ2v) is 6.08.